The Morgan fingerprint density at radius 3 is 2.40 bits per heavy atom. The standard InChI is InChI=1S/C12H27N3O3S.HI/c1-5-13-12(15-10-11(2)3)14-6-7-18-8-9-19(4,16)17;/h11H,5-10H2,1-4H3,(H2,13,14,15);1H. The fraction of sp³-hybridized carbons (Fsp3) is 0.917. The fourth-order valence-electron chi connectivity index (χ4n) is 1.17. The third-order valence-corrected chi connectivity index (χ3v) is 3.00. The molecule has 0 saturated carbocycles. The van der Waals surface area contributed by atoms with Gasteiger partial charge in [-0.2, -0.15) is 0 Å². The number of sulfone groups is 1. The minimum absolute atomic E-state index is 0. The van der Waals surface area contributed by atoms with Crippen LogP contribution in [0.3, 0.4) is 0 Å². The van der Waals surface area contributed by atoms with Crippen molar-refractivity contribution in [2.24, 2.45) is 10.9 Å². The van der Waals surface area contributed by atoms with Crippen LogP contribution in [0.25, 0.3) is 0 Å². The second kappa shape index (κ2) is 12.6. The largest absolute Gasteiger partial charge is 0.379 e. The molecule has 0 fully saturated rings. The Morgan fingerprint density at radius 1 is 1.25 bits per heavy atom. The van der Waals surface area contributed by atoms with Crippen molar-refractivity contribution in [1.29, 1.82) is 0 Å². The monoisotopic (exact) mass is 421 g/mol. The summed E-state index contributed by atoms with van der Waals surface area (Å²) in [5, 5.41) is 6.28. The first-order valence-corrected chi connectivity index (χ1v) is 8.69. The molecule has 8 heteroatoms. The van der Waals surface area contributed by atoms with Crippen molar-refractivity contribution in [1.82, 2.24) is 10.6 Å². The molecule has 0 bridgehead atoms. The molecule has 0 heterocycles. The molecular formula is C12H28IN3O3S. The first kappa shape index (κ1) is 22.2. The number of nitrogens with zero attached hydrogens (tertiary/aromatic N) is 1. The third-order valence-electron chi connectivity index (χ3n) is 2.10. The van der Waals surface area contributed by atoms with Crippen LogP contribution in [0.4, 0.5) is 0 Å². The third kappa shape index (κ3) is 16.0. The van der Waals surface area contributed by atoms with Gasteiger partial charge in [0.1, 0.15) is 9.84 Å². The zero-order valence-corrected chi connectivity index (χ0v) is 16.0. The molecule has 0 atom stereocenters. The number of ether oxygens (including phenoxy) is 1. The summed E-state index contributed by atoms with van der Waals surface area (Å²) in [6, 6.07) is 0. The van der Waals surface area contributed by atoms with Crippen LogP contribution < -0.4 is 10.6 Å². The van der Waals surface area contributed by atoms with Gasteiger partial charge in [-0.05, 0) is 12.8 Å². The normalized spacial score (nSPS) is 12.2. The van der Waals surface area contributed by atoms with Crippen molar-refractivity contribution < 1.29 is 13.2 Å². The highest BCUT2D eigenvalue weighted by molar-refractivity contribution is 14.0. The molecule has 20 heavy (non-hydrogen) atoms. The summed E-state index contributed by atoms with van der Waals surface area (Å²) in [4.78, 5) is 4.41. The van der Waals surface area contributed by atoms with Crippen molar-refractivity contribution in [3.8, 4) is 0 Å². The van der Waals surface area contributed by atoms with Gasteiger partial charge in [-0.1, -0.05) is 13.8 Å². The molecule has 0 aromatic rings. The van der Waals surface area contributed by atoms with Gasteiger partial charge >= 0.3 is 0 Å². The minimum Gasteiger partial charge on any atom is -0.379 e. The molecule has 122 valence electrons. The maximum atomic E-state index is 10.9. The summed E-state index contributed by atoms with van der Waals surface area (Å²) in [6.07, 6.45) is 1.20. The Bertz CT molecular complexity index is 359. The summed E-state index contributed by atoms with van der Waals surface area (Å²) in [5.74, 6) is 1.35. The van der Waals surface area contributed by atoms with Gasteiger partial charge in [0, 0.05) is 25.9 Å². The van der Waals surface area contributed by atoms with E-state index in [9.17, 15) is 8.42 Å². The molecule has 2 N–H and O–H groups in total. The van der Waals surface area contributed by atoms with Gasteiger partial charge in [-0.3, -0.25) is 4.99 Å². The summed E-state index contributed by atoms with van der Waals surface area (Å²) in [5.41, 5.74) is 0. The summed E-state index contributed by atoms with van der Waals surface area (Å²) >= 11 is 0. The first-order chi connectivity index (χ1) is 8.85. The Morgan fingerprint density at radius 2 is 1.90 bits per heavy atom. The Hall–Kier alpha value is -0.0900. The average molecular weight is 421 g/mol. The van der Waals surface area contributed by atoms with Crippen LogP contribution in [-0.4, -0.2) is 59.2 Å². The van der Waals surface area contributed by atoms with Crippen molar-refractivity contribution in [3.05, 3.63) is 0 Å². The van der Waals surface area contributed by atoms with E-state index in [0.29, 0.717) is 19.1 Å². The maximum absolute atomic E-state index is 10.9. The topological polar surface area (TPSA) is 79.8 Å². The lowest BCUT2D eigenvalue weighted by molar-refractivity contribution is 0.154. The van der Waals surface area contributed by atoms with Crippen molar-refractivity contribution in [2.45, 2.75) is 20.8 Å². The van der Waals surface area contributed by atoms with Crippen LogP contribution in [0.5, 0.6) is 0 Å². The molecule has 0 radical (unpaired) electrons. The summed E-state index contributed by atoms with van der Waals surface area (Å²) in [6.45, 7) is 9.11. The quantitative estimate of drug-likeness (QED) is 0.250. The number of rotatable bonds is 9. The second-order valence-electron chi connectivity index (χ2n) is 4.78. The van der Waals surface area contributed by atoms with Crippen molar-refractivity contribution in [3.63, 3.8) is 0 Å². The number of guanidine groups is 1. The Labute approximate surface area is 140 Å². The van der Waals surface area contributed by atoms with Gasteiger partial charge < -0.3 is 15.4 Å². The smallest absolute Gasteiger partial charge is 0.191 e. The molecule has 0 spiro atoms. The molecule has 0 aliphatic rings. The number of aliphatic imine (C=N–C) groups is 1. The highest BCUT2D eigenvalue weighted by Crippen LogP contribution is 1.91. The molecule has 0 aromatic carbocycles. The zero-order chi connectivity index (χ0) is 14.7. The molecule has 0 unspecified atom stereocenters. The van der Waals surface area contributed by atoms with Crippen molar-refractivity contribution >= 4 is 39.8 Å². The van der Waals surface area contributed by atoms with Crippen LogP contribution in [0, 0.1) is 5.92 Å². The predicted molar refractivity (Wildman–Crippen MR) is 94.8 cm³/mol. The fourth-order valence-corrected chi connectivity index (χ4v) is 1.59. The van der Waals surface area contributed by atoms with E-state index in [0.717, 1.165) is 19.0 Å². The highest BCUT2D eigenvalue weighted by Gasteiger charge is 2.01. The molecular weight excluding hydrogens is 393 g/mol. The molecule has 6 nitrogen and oxygen atoms in total. The molecule has 0 rings (SSSR count). The van der Waals surface area contributed by atoms with Crippen LogP contribution >= 0.6 is 24.0 Å². The zero-order valence-electron chi connectivity index (χ0n) is 12.8. The van der Waals surface area contributed by atoms with Crippen LogP contribution in [0.1, 0.15) is 20.8 Å². The van der Waals surface area contributed by atoms with E-state index in [4.69, 9.17) is 4.74 Å². The summed E-state index contributed by atoms with van der Waals surface area (Å²) < 4.78 is 27.0. The van der Waals surface area contributed by atoms with Gasteiger partial charge in [0.05, 0.1) is 19.0 Å². The SMILES string of the molecule is CCNC(=NCC(C)C)NCCOCCS(C)(=O)=O.I. The van der Waals surface area contributed by atoms with E-state index in [1.165, 1.54) is 6.26 Å². The van der Waals surface area contributed by atoms with E-state index < -0.39 is 9.84 Å². The minimum atomic E-state index is -2.94. The van der Waals surface area contributed by atoms with Gasteiger partial charge in [0.25, 0.3) is 0 Å². The summed E-state index contributed by atoms with van der Waals surface area (Å²) in [7, 11) is -2.94. The van der Waals surface area contributed by atoms with E-state index in [2.05, 4.69) is 29.5 Å². The molecule has 0 amide bonds. The lowest BCUT2D eigenvalue weighted by Crippen LogP contribution is -2.39. The highest BCUT2D eigenvalue weighted by atomic mass is 127. The van der Waals surface area contributed by atoms with Crippen LogP contribution in [0.2, 0.25) is 0 Å². The number of hydrogen-bond donors (Lipinski definition) is 2. The Kier molecular flexibility index (Phi) is 14.0. The van der Waals surface area contributed by atoms with Gasteiger partial charge in [-0.25, -0.2) is 8.42 Å². The van der Waals surface area contributed by atoms with E-state index in [1.807, 2.05) is 6.92 Å². The average Bonchev–Trinajstić information content (AvgIpc) is 2.28. The molecule has 0 aromatic heterocycles. The van der Waals surface area contributed by atoms with E-state index >= 15 is 0 Å². The van der Waals surface area contributed by atoms with Gasteiger partial charge in [0.15, 0.2) is 5.96 Å². The van der Waals surface area contributed by atoms with Gasteiger partial charge in [0.2, 0.25) is 0 Å². The first-order valence-electron chi connectivity index (χ1n) is 6.62. The van der Waals surface area contributed by atoms with E-state index in [-0.39, 0.29) is 36.3 Å². The Balaban J connectivity index is 0. The maximum Gasteiger partial charge on any atom is 0.191 e. The van der Waals surface area contributed by atoms with E-state index in [1.54, 1.807) is 0 Å². The van der Waals surface area contributed by atoms with Crippen LogP contribution in [-0.2, 0) is 14.6 Å². The van der Waals surface area contributed by atoms with Crippen LogP contribution in [0.15, 0.2) is 4.99 Å². The molecule has 0 saturated heterocycles. The lowest BCUT2D eigenvalue weighted by atomic mass is 10.2. The molecule has 0 aliphatic carbocycles. The number of halogens is 1. The number of nitrogens with one attached hydrogen (secondary N) is 2. The lowest BCUT2D eigenvalue weighted by Gasteiger charge is -2.12. The predicted octanol–water partition coefficient (Wildman–Crippen LogP) is 0.877. The van der Waals surface area contributed by atoms with Crippen molar-refractivity contribution in [2.75, 3.05) is 44.9 Å². The van der Waals surface area contributed by atoms with Gasteiger partial charge in [-0.15, -0.1) is 24.0 Å². The molecule has 0 aliphatic heterocycles. The number of hydrogen-bond acceptors (Lipinski definition) is 4. The second-order valence-corrected chi connectivity index (χ2v) is 7.04.